The smallest absolute Gasteiger partial charge is 0.0911 e. The van der Waals surface area contributed by atoms with Crippen LogP contribution in [0.25, 0.3) is 0 Å². The Morgan fingerprint density at radius 1 is 1.09 bits per heavy atom. The quantitative estimate of drug-likeness (QED) is 0.517. The van der Waals surface area contributed by atoms with Gasteiger partial charge in [-0.15, -0.1) is 12.8 Å². The van der Waals surface area contributed by atoms with Crippen LogP contribution in [0, 0.1) is 24.7 Å². The summed E-state index contributed by atoms with van der Waals surface area (Å²) < 4.78 is 0. The number of hydrogen-bond acceptors (Lipinski definition) is 2. The minimum atomic E-state index is 0.650. The maximum atomic E-state index is 5.14. The summed E-state index contributed by atoms with van der Waals surface area (Å²) in [4.78, 5) is 4.05. The first-order valence-corrected chi connectivity index (χ1v) is 3.40. The Labute approximate surface area is 67.5 Å². The van der Waals surface area contributed by atoms with E-state index in [1.165, 1.54) is 0 Å². The van der Waals surface area contributed by atoms with E-state index in [4.69, 9.17) is 12.8 Å². The SMILES string of the molecule is C#CCN1C=CN(CC#C)C1. The second kappa shape index (κ2) is 3.58. The van der Waals surface area contributed by atoms with E-state index in [2.05, 4.69) is 11.8 Å². The monoisotopic (exact) mass is 146 g/mol. The van der Waals surface area contributed by atoms with Crippen molar-refractivity contribution in [3.8, 4) is 24.7 Å². The molecule has 1 heterocycles. The summed E-state index contributed by atoms with van der Waals surface area (Å²) >= 11 is 0. The van der Waals surface area contributed by atoms with Gasteiger partial charge in [0.2, 0.25) is 0 Å². The van der Waals surface area contributed by atoms with Gasteiger partial charge in [0.25, 0.3) is 0 Å². The van der Waals surface area contributed by atoms with Crippen LogP contribution in [0.1, 0.15) is 0 Å². The van der Waals surface area contributed by atoms with Gasteiger partial charge < -0.3 is 9.80 Å². The molecule has 0 saturated carbocycles. The molecule has 0 aromatic carbocycles. The fourth-order valence-electron chi connectivity index (χ4n) is 0.956. The van der Waals surface area contributed by atoms with Crippen molar-refractivity contribution in [2.45, 2.75) is 0 Å². The van der Waals surface area contributed by atoms with Gasteiger partial charge in [-0.05, 0) is 0 Å². The van der Waals surface area contributed by atoms with Gasteiger partial charge in [-0.25, -0.2) is 0 Å². The number of nitrogens with zero attached hydrogens (tertiary/aromatic N) is 2. The first-order chi connectivity index (χ1) is 5.36. The van der Waals surface area contributed by atoms with Crippen molar-refractivity contribution in [2.75, 3.05) is 19.8 Å². The standard InChI is InChI=1S/C9H10N2/c1-3-5-10-7-8-11(9-10)6-4-2/h1-2,7-8H,5-6,9H2. The van der Waals surface area contributed by atoms with Gasteiger partial charge in [0, 0.05) is 12.4 Å². The average Bonchev–Trinajstić information content (AvgIpc) is 2.38. The fourth-order valence-corrected chi connectivity index (χ4v) is 0.956. The highest BCUT2D eigenvalue weighted by Crippen LogP contribution is 2.03. The zero-order valence-electron chi connectivity index (χ0n) is 6.33. The third-order valence-electron chi connectivity index (χ3n) is 1.44. The molecule has 0 fully saturated rings. The van der Waals surface area contributed by atoms with Crippen molar-refractivity contribution in [3.63, 3.8) is 0 Å². The second-order valence-electron chi connectivity index (χ2n) is 2.34. The first kappa shape index (κ1) is 7.57. The molecule has 11 heavy (non-hydrogen) atoms. The highest BCUT2D eigenvalue weighted by molar-refractivity contribution is 5.01. The Hall–Kier alpha value is -1.54. The maximum Gasteiger partial charge on any atom is 0.0911 e. The van der Waals surface area contributed by atoms with Gasteiger partial charge in [-0.3, -0.25) is 0 Å². The molecule has 0 aromatic heterocycles. The van der Waals surface area contributed by atoms with E-state index in [9.17, 15) is 0 Å². The Morgan fingerprint density at radius 3 is 1.91 bits per heavy atom. The Balaban J connectivity index is 2.33. The lowest BCUT2D eigenvalue weighted by Crippen LogP contribution is -2.25. The molecular weight excluding hydrogens is 136 g/mol. The molecule has 1 aliphatic rings. The lowest BCUT2D eigenvalue weighted by Gasteiger charge is -2.16. The third-order valence-corrected chi connectivity index (χ3v) is 1.44. The molecule has 0 radical (unpaired) electrons. The van der Waals surface area contributed by atoms with Gasteiger partial charge in [0.05, 0.1) is 19.8 Å². The van der Waals surface area contributed by atoms with Crippen LogP contribution in [0.4, 0.5) is 0 Å². The van der Waals surface area contributed by atoms with Crippen LogP contribution in [-0.2, 0) is 0 Å². The normalized spacial score (nSPS) is 14.7. The van der Waals surface area contributed by atoms with Crippen molar-refractivity contribution < 1.29 is 0 Å². The van der Waals surface area contributed by atoms with Gasteiger partial charge in [-0.1, -0.05) is 11.8 Å². The minimum Gasteiger partial charge on any atom is -0.348 e. The molecule has 0 spiro atoms. The summed E-state index contributed by atoms with van der Waals surface area (Å²) in [7, 11) is 0. The van der Waals surface area contributed by atoms with Crippen LogP contribution in [0.3, 0.4) is 0 Å². The molecule has 1 aliphatic heterocycles. The summed E-state index contributed by atoms with van der Waals surface area (Å²) in [6.45, 7) is 2.11. The molecule has 1 rings (SSSR count). The van der Waals surface area contributed by atoms with Gasteiger partial charge >= 0.3 is 0 Å². The molecular formula is C9H10N2. The molecule has 56 valence electrons. The number of terminal acetylenes is 2. The predicted octanol–water partition coefficient (Wildman–Crippen LogP) is 0.299. The number of rotatable bonds is 2. The Bertz CT molecular complexity index is 205. The van der Waals surface area contributed by atoms with E-state index < -0.39 is 0 Å². The summed E-state index contributed by atoms with van der Waals surface area (Å²) in [5.41, 5.74) is 0. The van der Waals surface area contributed by atoms with Crippen molar-refractivity contribution in [2.24, 2.45) is 0 Å². The Morgan fingerprint density at radius 2 is 1.55 bits per heavy atom. The van der Waals surface area contributed by atoms with Crippen LogP contribution in [0.2, 0.25) is 0 Å². The predicted molar refractivity (Wildman–Crippen MR) is 45.1 cm³/mol. The highest BCUT2D eigenvalue weighted by Gasteiger charge is 2.08. The van der Waals surface area contributed by atoms with Crippen LogP contribution < -0.4 is 0 Å². The summed E-state index contributed by atoms with van der Waals surface area (Å²) in [5.74, 6) is 5.14. The second-order valence-corrected chi connectivity index (χ2v) is 2.34. The Kier molecular flexibility index (Phi) is 2.47. The van der Waals surface area contributed by atoms with E-state index in [1.54, 1.807) is 0 Å². The first-order valence-electron chi connectivity index (χ1n) is 3.40. The highest BCUT2D eigenvalue weighted by atomic mass is 15.3. The number of hydrogen-bond donors (Lipinski definition) is 0. The lowest BCUT2D eigenvalue weighted by atomic mass is 10.6. The van der Waals surface area contributed by atoms with Gasteiger partial charge in [0.1, 0.15) is 0 Å². The molecule has 0 aromatic rings. The molecule has 0 bridgehead atoms. The molecule has 0 amide bonds. The van der Waals surface area contributed by atoms with Gasteiger partial charge in [-0.2, -0.15) is 0 Å². The molecule has 0 atom stereocenters. The van der Waals surface area contributed by atoms with Crippen molar-refractivity contribution in [1.82, 2.24) is 9.80 Å². The maximum absolute atomic E-state index is 5.14. The molecule has 0 N–H and O–H groups in total. The van der Waals surface area contributed by atoms with Crippen molar-refractivity contribution in [1.29, 1.82) is 0 Å². The van der Waals surface area contributed by atoms with Crippen LogP contribution in [0.15, 0.2) is 12.4 Å². The van der Waals surface area contributed by atoms with Crippen LogP contribution >= 0.6 is 0 Å². The minimum absolute atomic E-state index is 0.650. The summed E-state index contributed by atoms with van der Waals surface area (Å²) in [6.07, 6.45) is 14.2. The zero-order chi connectivity index (χ0) is 8.10. The van der Waals surface area contributed by atoms with Crippen LogP contribution in [-0.4, -0.2) is 29.6 Å². The van der Waals surface area contributed by atoms with E-state index in [-0.39, 0.29) is 0 Å². The summed E-state index contributed by atoms with van der Waals surface area (Å²) in [5, 5.41) is 0. The average molecular weight is 146 g/mol. The van der Waals surface area contributed by atoms with E-state index >= 15 is 0 Å². The molecule has 2 heteroatoms. The molecule has 0 saturated heterocycles. The van der Waals surface area contributed by atoms with E-state index in [0.717, 1.165) is 6.67 Å². The largest absolute Gasteiger partial charge is 0.348 e. The molecule has 0 unspecified atom stereocenters. The third kappa shape index (κ3) is 1.95. The van der Waals surface area contributed by atoms with E-state index in [1.807, 2.05) is 22.2 Å². The molecule has 2 nitrogen and oxygen atoms in total. The zero-order valence-corrected chi connectivity index (χ0v) is 6.33. The van der Waals surface area contributed by atoms with Crippen molar-refractivity contribution in [3.05, 3.63) is 12.4 Å². The fraction of sp³-hybridized carbons (Fsp3) is 0.333. The van der Waals surface area contributed by atoms with Crippen LogP contribution in [0.5, 0.6) is 0 Å². The topological polar surface area (TPSA) is 6.48 Å². The lowest BCUT2D eigenvalue weighted by molar-refractivity contribution is 0.305. The van der Waals surface area contributed by atoms with Gasteiger partial charge in [0.15, 0.2) is 0 Å². The summed E-state index contributed by atoms with van der Waals surface area (Å²) in [6, 6.07) is 0. The van der Waals surface area contributed by atoms with E-state index in [0.29, 0.717) is 13.1 Å². The van der Waals surface area contributed by atoms with Crippen molar-refractivity contribution >= 4 is 0 Å². The molecule has 0 aliphatic carbocycles.